The van der Waals surface area contributed by atoms with E-state index < -0.39 is 31.8 Å². The van der Waals surface area contributed by atoms with Crippen molar-refractivity contribution < 1.29 is 27.8 Å². The molecule has 0 radical (unpaired) electrons. The first-order valence-electron chi connectivity index (χ1n) is 6.27. The van der Waals surface area contributed by atoms with E-state index >= 15 is 0 Å². The summed E-state index contributed by atoms with van der Waals surface area (Å²) in [4.78, 5) is 12.6. The normalized spacial score (nSPS) is 11.3. The number of alkyl halides is 3. The lowest BCUT2D eigenvalue weighted by molar-refractivity contribution is -0.141. The maximum absolute atomic E-state index is 12.5. The van der Waals surface area contributed by atoms with Gasteiger partial charge >= 0.3 is 6.18 Å². The predicted octanol–water partition coefficient (Wildman–Crippen LogP) is 1.66. The second kappa shape index (κ2) is 7.16. The minimum atomic E-state index is -4.55. The largest absolute Gasteiger partial charge is 0.494 e. The third kappa shape index (κ3) is 5.50. The summed E-state index contributed by atoms with van der Waals surface area (Å²) in [6, 6.07) is 4.06. The van der Waals surface area contributed by atoms with Crippen LogP contribution in [0.15, 0.2) is 18.2 Å². The molecule has 3 N–H and O–H groups in total. The Hall–Kier alpha value is -1.96. The van der Waals surface area contributed by atoms with Gasteiger partial charge in [0.1, 0.15) is 12.3 Å². The Morgan fingerprint density at radius 2 is 2.05 bits per heavy atom. The van der Waals surface area contributed by atoms with Gasteiger partial charge < -0.3 is 20.5 Å². The summed E-state index contributed by atoms with van der Waals surface area (Å²) in [7, 11) is 0. The lowest BCUT2D eigenvalue weighted by atomic mass is 10.1. The molecule has 0 heterocycles. The number of halogens is 3. The van der Waals surface area contributed by atoms with E-state index in [2.05, 4.69) is 0 Å². The van der Waals surface area contributed by atoms with E-state index in [1.54, 1.807) is 6.92 Å². The van der Waals surface area contributed by atoms with Crippen LogP contribution in [0.3, 0.4) is 0 Å². The van der Waals surface area contributed by atoms with Crippen molar-refractivity contribution in [1.29, 1.82) is 0 Å². The van der Waals surface area contributed by atoms with E-state index in [4.69, 9.17) is 15.6 Å². The molecule has 0 unspecified atom stereocenters. The number of nitrogen functional groups attached to an aromatic ring is 1. The summed E-state index contributed by atoms with van der Waals surface area (Å²) in [6.45, 7) is -0.364. The molecule has 21 heavy (non-hydrogen) atoms. The molecule has 0 aliphatic carbocycles. The fourth-order valence-corrected chi connectivity index (χ4v) is 1.77. The van der Waals surface area contributed by atoms with Crippen LogP contribution in [0, 0.1) is 0 Å². The molecule has 0 atom stereocenters. The van der Waals surface area contributed by atoms with Gasteiger partial charge in [-0.2, -0.15) is 13.2 Å². The first-order chi connectivity index (χ1) is 9.76. The Morgan fingerprint density at radius 3 is 2.57 bits per heavy atom. The van der Waals surface area contributed by atoms with Crippen LogP contribution in [-0.2, 0) is 0 Å². The van der Waals surface area contributed by atoms with E-state index in [9.17, 15) is 18.0 Å². The molecule has 0 saturated heterocycles. The van der Waals surface area contributed by atoms with Crippen molar-refractivity contribution in [3.05, 3.63) is 23.8 Å². The average Bonchev–Trinajstić information content (AvgIpc) is 2.35. The molecule has 8 heteroatoms. The maximum atomic E-state index is 12.5. The lowest BCUT2D eigenvalue weighted by Gasteiger charge is -2.23. The summed E-state index contributed by atoms with van der Waals surface area (Å²) < 4.78 is 42.6. The number of nitrogens with two attached hydrogens (primary N) is 1. The zero-order valence-corrected chi connectivity index (χ0v) is 11.5. The quantitative estimate of drug-likeness (QED) is 0.784. The van der Waals surface area contributed by atoms with Gasteiger partial charge in [-0.05, 0) is 19.1 Å². The van der Waals surface area contributed by atoms with E-state index in [1.807, 2.05) is 0 Å². The van der Waals surface area contributed by atoms with Crippen LogP contribution < -0.4 is 10.5 Å². The minimum absolute atomic E-state index is 0.0175. The summed E-state index contributed by atoms with van der Waals surface area (Å²) in [5, 5.41) is 8.81. The molecule has 0 saturated carbocycles. The highest BCUT2D eigenvalue weighted by Crippen LogP contribution is 2.22. The number of rotatable bonds is 6. The standard InChI is InChI=1S/C13H17F3N2O3/c1-2-21-11-6-9(5-10(17)7-11)12(20)18(3-4-19)8-13(14,15)16/h5-7,19H,2-4,8,17H2,1H3. The van der Waals surface area contributed by atoms with Gasteiger partial charge in [-0.25, -0.2) is 0 Å². The van der Waals surface area contributed by atoms with Crippen molar-refractivity contribution in [1.82, 2.24) is 4.90 Å². The van der Waals surface area contributed by atoms with Crippen LogP contribution in [0.5, 0.6) is 5.75 Å². The summed E-state index contributed by atoms with van der Waals surface area (Å²) in [6.07, 6.45) is -4.55. The smallest absolute Gasteiger partial charge is 0.406 e. The molecule has 1 rings (SSSR count). The van der Waals surface area contributed by atoms with Crippen LogP contribution in [0.25, 0.3) is 0 Å². The summed E-state index contributed by atoms with van der Waals surface area (Å²) in [5.74, 6) is -0.563. The molecule has 1 amide bonds. The van der Waals surface area contributed by atoms with Gasteiger partial charge in [0.15, 0.2) is 0 Å². The minimum Gasteiger partial charge on any atom is -0.494 e. The molecule has 0 aromatic heterocycles. The summed E-state index contributed by atoms with van der Waals surface area (Å²) >= 11 is 0. The molecule has 0 fully saturated rings. The highest BCUT2D eigenvalue weighted by Gasteiger charge is 2.33. The Labute approximate surface area is 120 Å². The van der Waals surface area contributed by atoms with E-state index in [-0.39, 0.29) is 11.3 Å². The highest BCUT2D eigenvalue weighted by atomic mass is 19.4. The van der Waals surface area contributed by atoms with Gasteiger partial charge in [0.05, 0.1) is 13.2 Å². The number of amides is 1. The van der Waals surface area contributed by atoms with Crippen LogP contribution >= 0.6 is 0 Å². The Kier molecular flexibility index (Phi) is 5.83. The van der Waals surface area contributed by atoms with Gasteiger partial charge in [-0.15, -0.1) is 0 Å². The number of aliphatic hydroxyl groups is 1. The average molecular weight is 306 g/mol. The zero-order chi connectivity index (χ0) is 16.0. The monoisotopic (exact) mass is 306 g/mol. The van der Waals surface area contributed by atoms with Gasteiger partial charge in [-0.3, -0.25) is 4.79 Å². The summed E-state index contributed by atoms with van der Waals surface area (Å²) in [5.41, 5.74) is 5.80. The van der Waals surface area contributed by atoms with Crippen molar-refractivity contribution in [2.75, 3.05) is 32.0 Å². The third-order valence-corrected chi connectivity index (χ3v) is 2.51. The molecule has 0 aliphatic heterocycles. The van der Waals surface area contributed by atoms with Gasteiger partial charge in [-0.1, -0.05) is 0 Å². The maximum Gasteiger partial charge on any atom is 0.406 e. The van der Waals surface area contributed by atoms with Crippen LogP contribution in [0.2, 0.25) is 0 Å². The molecule has 0 spiro atoms. The van der Waals surface area contributed by atoms with E-state index in [0.717, 1.165) is 0 Å². The topological polar surface area (TPSA) is 75.8 Å². The second-order valence-electron chi connectivity index (χ2n) is 4.29. The van der Waals surface area contributed by atoms with Crippen molar-refractivity contribution >= 4 is 11.6 Å². The van der Waals surface area contributed by atoms with Crippen molar-refractivity contribution in [3.63, 3.8) is 0 Å². The van der Waals surface area contributed by atoms with Gasteiger partial charge in [0.25, 0.3) is 5.91 Å². The van der Waals surface area contributed by atoms with Crippen molar-refractivity contribution in [2.24, 2.45) is 0 Å². The number of nitrogens with zero attached hydrogens (tertiary/aromatic N) is 1. The number of hydrogen-bond acceptors (Lipinski definition) is 4. The Balaban J connectivity index is 3.02. The van der Waals surface area contributed by atoms with Crippen LogP contribution in [0.1, 0.15) is 17.3 Å². The Bertz CT molecular complexity index is 492. The number of carbonyl (C=O) groups is 1. The molecular weight excluding hydrogens is 289 g/mol. The van der Waals surface area contributed by atoms with Crippen LogP contribution in [-0.4, -0.2) is 48.4 Å². The van der Waals surface area contributed by atoms with Crippen LogP contribution in [0.4, 0.5) is 18.9 Å². The first-order valence-corrected chi connectivity index (χ1v) is 6.27. The lowest BCUT2D eigenvalue weighted by Crippen LogP contribution is -2.40. The molecule has 5 nitrogen and oxygen atoms in total. The second-order valence-corrected chi connectivity index (χ2v) is 4.29. The number of benzene rings is 1. The number of aliphatic hydroxyl groups excluding tert-OH is 1. The molecule has 1 aromatic rings. The predicted molar refractivity (Wildman–Crippen MR) is 71.1 cm³/mol. The van der Waals surface area contributed by atoms with Crippen molar-refractivity contribution in [2.45, 2.75) is 13.1 Å². The van der Waals surface area contributed by atoms with Gasteiger partial charge in [0, 0.05) is 23.9 Å². The number of hydrogen-bond donors (Lipinski definition) is 2. The third-order valence-electron chi connectivity index (χ3n) is 2.51. The first kappa shape index (κ1) is 17.1. The molecular formula is C13H17F3N2O3. The molecule has 118 valence electrons. The molecule has 1 aromatic carbocycles. The van der Waals surface area contributed by atoms with Gasteiger partial charge in [0.2, 0.25) is 0 Å². The Morgan fingerprint density at radius 1 is 1.38 bits per heavy atom. The molecule has 0 aliphatic rings. The molecule has 0 bridgehead atoms. The fraction of sp³-hybridized carbons (Fsp3) is 0.462. The highest BCUT2D eigenvalue weighted by molar-refractivity contribution is 5.95. The van der Waals surface area contributed by atoms with E-state index in [0.29, 0.717) is 17.3 Å². The number of anilines is 1. The fourth-order valence-electron chi connectivity index (χ4n) is 1.77. The SMILES string of the molecule is CCOc1cc(N)cc(C(=O)N(CCO)CC(F)(F)F)c1. The van der Waals surface area contributed by atoms with E-state index in [1.165, 1.54) is 18.2 Å². The zero-order valence-electron chi connectivity index (χ0n) is 11.5. The number of ether oxygens (including phenoxy) is 1. The number of carbonyl (C=O) groups excluding carboxylic acids is 1. The van der Waals surface area contributed by atoms with Crippen molar-refractivity contribution in [3.8, 4) is 5.75 Å².